The number of aryl methyl sites for hydroxylation is 1. The van der Waals surface area contributed by atoms with Crippen LogP contribution in [0.5, 0.6) is 0 Å². The Morgan fingerprint density at radius 3 is 2.88 bits per heavy atom. The van der Waals surface area contributed by atoms with Gasteiger partial charge in [-0.1, -0.05) is 6.07 Å². The van der Waals surface area contributed by atoms with Crippen LogP contribution in [-0.2, 0) is 0 Å². The van der Waals surface area contributed by atoms with E-state index >= 15 is 0 Å². The molecule has 1 fully saturated rings. The summed E-state index contributed by atoms with van der Waals surface area (Å²) in [6.07, 6.45) is 1.98. The van der Waals surface area contributed by atoms with Crippen molar-refractivity contribution in [2.45, 2.75) is 25.8 Å². The fraction of sp³-hybridized carbons (Fsp3) is 0.500. The Balaban J connectivity index is 2.16. The first-order chi connectivity index (χ1) is 7.68. The van der Waals surface area contributed by atoms with Gasteiger partial charge in [0.25, 0.3) is 0 Å². The lowest BCUT2D eigenvalue weighted by Gasteiger charge is -2.25. The van der Waals surface area contributed by atoms with Crippen LogP contribution in [0.4, 0.5) is 14.5 Å². The molecule has 16 heavy (non-hydrogen) atoms. The van der Waals surface area contributed by atoms with Gasteiger partial charge in [-0.25, -0.2) is 8.78 Å². The average Bonchev–Trinajstić information content (AvgIpc) is 2.31. The third-order valence-corrected chi connectivity index (χ3v) is 2.93. The molecule has 1 heterocycles. The molecular formula is C12H16F2N2. The SMILES string of the molecule is Cc1ccc(F)c(NC2CCCNC2)c1F. The maximum atomic E-state index is 13.7. The van der Waals surface area contributed by atoms with Crippen molar-refractivity contribution in [1.82, 2.24) is 5.32 Å². The molecule has 2 N–H and O–H groups in total. The highest BCUT2D eigenvalue weighted by Gasteiger charge is 2.17. The molecule has 4 heteroatoms. The van der Waals surface area contributed by atoms with Crippen molar-refractivity contribution < 1.29 is 8.78 Å². The van der Waals surface area contributed by atoms with Gasteiger partial charge in [0.1, 0.15) is 11.5 Å². The molecule has 1 aliphatic rings. The Morgan fingerprint density at radius 1 is 1.38 bits per heavy atom. The highest BCUT2D eigenvalue weighted by atomic mass is 19.1. The van der Waals surface area contributed by atoms with Crippen molar-refractivity contribution in [3.63, 3.8) is 0 Å². The molecule has 0 aliphatic carbocycles. The van der Waals surface area contributed by atoms with E-state index in [1.807, 2.05) is 0 Å². The van der Waals surface area contributed by atoms with Crippen molar-refractivity contribution in [2.24, 2.45) is 0 Å². The van der Waals surface area contributed by atoms with Gasteiger partial charge in [0.2, 0.25) is 0 Å². The molecule has 0 aromatic heterocycles. The number of halogens is 2. The molecule has 0 bridgehead atoms. The van der Waals surface area contributed by atoms with E-state index in [1.54, 1.807) is 6.92 Å². The second-order valence-electron chi connectivity index (χ2n) is 4.24. The summed E-state index contributed by atoms with van der Waals surface area (Å²) in [7, 11) is 0. The first-order valence-corrected chi connectivity index (χ1v) is 5.60. The van der Waals surface area contributed by atoms with Gasteiger partial charge < -0.3 is 10.6 Å². The molecule has 2 nitrogen and oxygen atoms in total. The summed E-state index contributed by atoms with van der Waals surface area (Å²) < 4.78 is 27.2. The summed E-state index contributed by atoms with van der Waals surface area (Å²) in [5.74, 6) is -1.00. The molecule has 2 rings (SSSR count). The molecule has 0 amide bonds. The van der Waals surface area contributed by atoms with Gasteiger partial charge in [-0.2, -0.15) is 0 Å². The zero-order valence-electron chi connectivity index (χ0n) is 9.32. The lowest BCUT2D eigenvalue weighted by molar-refractivity contribution is 0.474. The normalized spacial score (nSPS) is 20.8. The number of rotatable bonds is 2. The average molecular weight is 226 g/mol. The van der Waals surface area contributed by atoms with Gasteiger partial charge in [0.05, 0.1) is 0 Å². The van der Waals surface area contributed by atoms with Crippen LogP contribution in [0, 0.1) is 18.6 Å². The van der Waals surface area contributed by atoms with Crippen LogP contribution in [0.3, 0.4) is 0 Å². The van der Waals surface area contributed by atoms with Crippen LogP contribution < -0.4 is 10.6 Å². The van der Waals surface area contributed by atoms with Gasteiger partial charge in [-0.15, -0.1) is 0 Å². The number of piperidine rings is 1. The van der Waals surface area contributed by atoms with E-state index in [4.69, 9.17) is 0 Å². The molecule has 0 saturated carbocycles. The first kappa shape index (κ1) is 11.3. The lowest BCUT2D eigenvalue weighted by atomic mass is 10.1. The van der Waals surface area contributed by atoms with Gasteiger partial charge in [-0.3, -0.25) is 0 Å². The van der Waals surface area contributed by atoms with Gasteiger partial charge in [0, 0.05) is 12.6 Å². The zero-order valence-corrected chi connectivity index (χ0v) is 9.32. The van der Waals surface area contributed by atoms with Crippen molar-refractivity contribution in [3.8, 4) is 0 Å². The predicted molar refractivity (Wildman–Crippen MR) is 60.6 cm³/mol. The smallest absolute Gasteiger partial charge is 0.152 e. The summed E-state index contributed by atoms with van der Waals surface area (Å²) in [4.78, 5) is 0. The van der Waals surface area contributed by atoms with E-state index in [-0.39, 0.29) is 11.7 Å². The molecule has 1 saturated heterocycles. The second-order valence-corrected chi connectivity index (χ2v) is 4.24. The molecule has 1 atom stereocenters. The van der Waals surface area contributed by atoms with Crippen molar-refractivity contribution in [3.05, 3.63) is 29.3 Å². The van der Waals surface area contributed by atoms with E-state index in [1.165, 1.54) is 12.1 Å². The standard InChI is InChI=1S/C12H16F2N2/c1-8-4-5-10(13)12(11(8)14)16-9-3-2-6-15-7-9/h4-5,9,15-16H,2-3,6-7H2,1H3. The predicted octanol–water partition coefficient (Wildman–Crippen LogP) is 2.44. The van der Waals surface area contributed by atoms with Crippen molar-refractivity contribution in [1.29, 1.82) is 0 Å². The molecule has 1 aromatic rings. The van der Waals surface area contributed by atoms with Crippen LogP contribution >= 0.6 is 0 Å². The van der Waals surface area contributed by atoms with E-state index < -0.39 is 11.6 Å². The Hall–Kier alpha value is -1.16. The summed E-state index contributed by atoms with van der Waals surface area (Å²) in [6.45, 7) is 3.38. The van der Waals surface area contributed by atoms with Gasteiger partial charge in [0.15, 0.2) is 5.82 Å². The lowest BCUT2D eigenvalue weighted by Crippen LogP contribution is -2.38. The molecule has 0 radical (unpaired) electrons. The quantitative estimate of drug-likeness (QED) is 0.809. The highest BCUT2D eigenvalue weighted by Crippen LogP contribution is 2.23. The molecule has 1 unspecified atom stereocenters. The molecule has 1 aliphatic heterocycles. The number of hydrogen-bond donors (Lipinski definition) is 2. The second kappa shape index (κ2) is 4.78. The third kappa shape index (κ3) is 2.32. The fourth-order valence-electron chi connectivity index (χ4n) is 1.97. The zero-order chi connectivity index (χ0) is 11.5. The Labute approximate surface area is 94.0 Å². The van der Waals surface area contributed by atoms with E-state index in [0.29, 0.717) is 5.56 Å². The summed E-state index contributed by atoms with van der Waals surface area (Å²) in [5, 5.41) is 6.15. The van der Waals surface area contributed by atoms with E-state index in [0.717, 1.165) is 25.9 Å². The maximum Gasteiger partial charge on any atom is 0.152 e. The largest absolute Gasteiger partial charge is 0.376 e. The van der Waals surface area contributed by atoms with Crippen molar-refractivity contribution >= 4 is 5.69 Å². The summed E-state index contributed by atoms with van der Waals surface area (Å²) in [5.41, 5.74) is 0.473. The number of anilines is 1. The number of nitrogens with one attached hydrogen (secondary N) is 2. The van der Waals surface area contributed by atoms with Crippen LogP contribution in [0.2, 0.25) is 0 Å². The van der Waals surface area contributed by atoms with Crippen LogP contribution in [0.15, 0.2) is 12.1 Å². The summed E-state index contributed by atoms with van der Waals surface area (Å²) in [6, 6.07) is 2.87. The minimum atomic E-state index is -0.520. The van der Waals surface area contributed by atoms with Gasteiger partial charge >= 0.3 is 0 Å². The highest BCUT2D eigenvalue weighted by molar-refractivity contribution is 5.49. The van der Waals surface area contributed by atoms with E-state index in [9.17, 15) is 8.78 Å². The van der Waals surface area contributed by atoms with Crippen LogP contribution in [-0.4, -0.2) is 19.1 Å². The van der Waals surface area contributed by atoms with Gasteiger partial charge in [-0.05, 0) is 37.9 Å². The molecule has 1 aromatic carbocycles. The van der Waals surface area contributed by atoms with Crippen LogP contribution in [0.1, 0.15) is 18.4 Å². The minimum Gasteiger partial charge on any atom is -0.376 e. The molecule has 88 valence electrons. The third-order valence-electron chi connectivity index (χ3n) is 2.93. The first-order valence-electron chi connectivity index (χ1n) is 5.60. The Morgan fingerprint density at radius 2 is 2.19 bits per heavy atom. The van der Waals surface area contributed by atoms with Crippen LogP contribution in [0.25, 0.3) is 0 Å². The molecular weight excluding hydrogens is 210 g/mol. The maximum absolute atomic E-state index is 13.7. The summed E-state index contributed by atoms with van der Waals surface area (Å²) >= 11 is 0. The topological polar surface area (TPSA) is 24.1 Å². The Kier molecular flexibility index (Phi) is 3.39. The monoisotopic (exact) mass is 226 g/mol. The molecule has 0 spiro atoms. The minimum absolute atomic E-state index is 0.00806. The number of benzene rings is 1. The number of hydrogen-bond acceptors (Lipinski definition) is 2. The fourth-order valence-corrected chi connectivity index (χ4v) is 1.97. The van der Waals surface area contributed by atoms with E-state index in [2.05, 4.69) is 10.6 Å². The Bertz CT molecular complexity index is 374. The van der Waals surface area contributed by atoms with Crippen molar-refractivity contribution in [2.75, 3.05) is 18.4 Å².